The third kappa shape index (κ3) is 2.57. The highest BCUT2D eigenvalue weighted by molar-refractivity contribution is 7.09. The zero-order valence-corrected chi connectivity index (χ0v) is 11.9. The molecule has 0 spiro atoms. The van der Waals surface area contributed by atoms with E-state index in [0.717, 1.165) is 19.6 Å². The largest absolute Gasteiger partial charge is 0.347 e. The van der Waals surface area contributed by atoms with E-state index in [-0.39, 0.29) is 0 Å². The van der Waals surface area contributed by atoms with Crippen LogP contribution >= 0.6 is 11.3 Å². The van der Waals surface area contributed by atoms with Crippen molar-refractivity contribution in [3.63, 3.8) is 0 Å². The Hall–Kier alpha value is -1.58. The predicted molar refractivity (Wildman–Crippen MR) is 82.5 cm³/mol. The average molecular weight is 270 g/mol. The zero-order chi connectivity index (χ0) is 13.1. The van der Waals surface area contributed by atoms with E-state index in [1.807, 2.05) is 0 Å². The molecule has 0 radical (unpaired) electrons. The Morgan fingerprint density at radius 1 is 1.11 bits per heavy atom. The molecule has 0 bridgehead atoms. The van der Waals surface area contributed by atoms with Gasteiger partial charge in [-0.1, -0.05) is 24.3 Å². The van der Waals surface area contributed by atoms with Gasteiger partial charge in [0.1, 0.15) is 0 Å². The van der Waals surface area contributed by atoms with Crippen LogP contribution in [0.5, 0.6) is 0 Å². The number of hydrogen-bond donors (Lipinski definition) is 1. The van der Waals surface area contributed by atoms with Crippen LogP contribution in [0.2, 0.25) is 0 Å². The first-order valence-electron chi connectivity index (χ1n) is 6.68. The van der Waals surface area contributed by atoms with E-state index in [0.29, 0.717) is 0 Å². The maximum Gasteiger partial charge on any atom is 0.0483 e. The maximum absolute atomic E-state index is 3.53. The molecule has 0 aliphatic heterocycles. The minimum atomic E-state index is 0.922. The van der Waals surface area contributed by atoms with Crippen LogP contribution in [0.15, 0.2) is 48.0 Å². The summed E-state index contributed by atoms with van der Waals surface area (Å²) >= 11 is 1.80. The van der Waals surface area contributed by atoms with Crippen LogP contribution in [0.4, 0.5) is 0 Å². The quantitative estimate of drug-likeness (QED) is 0.741. The van der Waals surface area contributed by atoms with Gasteiger partial charge in [0.2, 0.25) is 0 Å². The lowest BCUT2D eigenvalue weighted by molar-refractivity contribution is 0.698. The summed E-state index contributed by atoms with van der Waals surface area (Å²) in [6, 6.07) is 12.9. The van der Waals surface area contributed by atoms with E-state index in [1.54, 1.807) is 11.3 Å². The molecule has 2 nitrogen and oxygen atoms in total. The Bertz CT molecular complexity index is 653. The molecule has 0 saturated carbocycles. The Morgan fingerprint density at radius 3 is 2.79 bits per heavy atom. The number of rotatable bonds is 5. The average Bonchev–Trinajstić information content (AvgIpc) is 3.07. The Morgan fingerprint density at radius 2 is 2.00 bits per heavy atom. The van der Waals surface area contributed by atoms with Crippen LogP contribution < -0.4 is 5.32 Å². The third-order valence-electron chi connectivity index (χ3n) is 3.41. The van der Waals surface area contributed by atoms with Gasteiger partial charge in [0.05, 0.1) is 0 Å². The molecule has 1 N–H and O–H groups in total. The van der Waals surface area contributed by atoms with E-state index in [9.17, 15) is 0 Å². The van der Waals surface area contributed by atoms with Gasteiger partial charge in [-0.25, -0.2) is 0 Å². The van der Waals surface area contributed by atoms with Gasteiger partial charge in [-0.3, -0.25) is 0 Å². The highest BCUT2D eigenvalue weighted by Gasteiger charge is 2.06. The topological polar surface area (TPSA) is 17.0 Å². The SMILES string of the molecule is CCn1cc(CNCc2cccs2)c2ccccc21. The second kappa shape index (κ2) is 5.59. The number of aryl methyl sites for hydroxylation is 1. The number of benzene rings is 1. The fourth-order valence-electron chi connectivity index (χ4n) is 2.46. The molecule has 0 aliphatic rings. The highest BCUT2D eigenvalue weighted by atomic mass is 32.1. The van der Waals surface area contributed by atoms with Crippen LogP contribution in [-0.4, -0.2) is 4.57 Å². The van der Waals surface area contributed by atoms with Crippen molar-refractivity contribution in [2.24, 2.45) is 0 Å². The Kier molecular flexibility index (Phi) is 3.67. The summed E-state index contributed by atoms with van der Waals surface area (Å²) in [5.41, 5.74) is 2.71. The zero-order valence-electron chi connectivity index (χ0n) is 11.1. The Labute approximate surface area is 117 Å². The van der Waals surface area contributed by atoms with Crippen molar-refractivity contribution in [1.82, 2.24) is 9.88 Å². The molecule has 98 valence electrons. The summed E-state index contributed by atoms with van der Waals surface area (Å²) in [6.07, 6.45) is 2.27. The number of aromatic nitrogens is 1. The van der Waals surface area contributed by atoms with Crippen LogP contribution in [-0.2, 0) is 19.6 Å². The summed E-state index contributed by atoms with van der Waals surface area (Å²) in [4.78, 5) is 1.39. The molecule has 1 aromatic carbocycles. The van der Waals surface area contributed by atoms with Crippen molar-refractivity contribution in [2.45, 2.75) is 26.6 Å². The van der Waals surface area contributed by atoms with Crippen molar-refractivity contribution in [3.8, 4) is 0 Å². The number of hydrogen-bond acceptors (Lipinski definition) is 2. The van der Waals surface area contributed by atoms with Gasteiger partial charge in [-0.2, -0.15) is 0 Å². The van der Waals surface area contributed by atoms with Crippen molar-refractivity contribution < 1.29 is 0 Å². The fourth-order valence-corrected chi connectivity index (χ4v) is 3.13. The molecule has 3 rings (SSSR count). The van der Waals surface area contributed by atoms with Crippen molar-refractivity contribution >= 4 is 22.2 Å². The normalized spacial score (nSPS) is 11.2. The molecule has 0 aliphatic carbocycles. The first-order valence-corrected chi connectivity index (χ1v) is 7.56. The smallest absolute Gasteiger partial charge is 0.0483 e. The number of nitrogens with one attached hydrogen (secondary N) is 1. The summed E-state index contributed by atoms with van der Waals surface area (Å²) < 4.78 is 2.32. The van der Waals surface area contributed by atoms with E-state index >= 15 is 0 Å². The molecular weight excluding hydrogens is 252 g/mol. The van der Waals surface area contributed by atoms with Gasteiger partial charge in [0.15, 0.2) is 0 Å². The molecule has 0 fully saturated rings. The summed E-state index contributed by atoms with van der Waals surface area (Å²) in [5.74, 6) is 0. The first-order chi connectivity index (χ1) is 9.38. The molecule has 0 unspecified atom stereocenters. The van der Waals surface area contributed by atoms with Crippen molar-refractivity contribution in [1.29, 1.82) is 0 Å². The minimum absolute atomic E-state index is 0.922. The molecule has 0 saturated heterocycles. The van der Waals surface area contributed by atoms with E-state index < -0.39 is 0 Å². The molecule has 19 heavy (non-hydrogen) atoms. The predicted octanol–water partition coefficient (Wildman–Crippen LogP) is 4.01. The second-order valence-corrected chi connectivity index (χ2v) is 5.67. The monoisotopic (exact) mass is 270 g/mol. The number of nitrogens with zero attached hydrogens (tertiary/aromatic N) is 1. The van der Waals surface area contributed by atoms with Crippen LogP contribution in [0, 0.1) is 0 Å². The summed E-state index contributed by atoms with van der Waals surface area (Å²) in [6.45, 7) is 5.08. The van der Waals surface area contributed by atoms with E-state index in [2.05, 4.69) is 64.8 Å². The second-order valence-electron chi connectivity index (χ2n) is 4.64. The van der Waals surface area contributed by atoms with Gasteiger partial charge >= 0.3 is 0 Å². The molecule has 3 aromatic rings. The lowest BCUT2D eigenvalue weighted by atomic mass is 10.2. The summed E-state index contributed by atoms with van der Waals surface area (Å²) in [7, 11) is 0. The van der Waals surface area contributed by atoms with E-state index in [4.69, 9.17) is 0 Å². The molecular formula is C16H18N2S. The standard InChI is InChI=1S/C16H18N2S/c1-2-18-12-13(15-7-3-4-8-16(15)18)10-17-11-14-6-5-9-19-14/h3-9,12,17H,2,10-11H2,1H3. The number of para-hydroxylation sites is 1. The van der Waals surface area contributed by atoms with Crippen molar-refractivity contribution in [2.75, 3.05) is 0 Å². The summed E-state index contributed by atoms with van der Waals surface area (Å²) in [5, 5.41) is 7.02. The van der Waals surface area contributed by atoms with Gasteiger partial charge < -0.3 is 9.88 Å². The van der Waals surface area contributed by atoms with Gasteiger partial charge in [0, 0.05) is 41.6 Å². The number of fused-ring (bicyclic) bond motifs is 1. The Balaban J connectivity index is 1.77. The lowest BCUT2D eigenvalue weighted by Gasteiger charge is -2.01. The molecule has 0 amide bonds. The van der Waals surface area contributed by atoms with Crippen molar-refractivity contribution in [3.05, 3.63) is 58.4 Å². The maximum atomic E-state index is 3.53. The molecule has 2 aromatic heterocycles. The van der Waals surface area contributed by atoms with E-state index in [1.165, 1.54) is 21.3 Å². The van der Waals surface area contributed by atoms with Gasteiger partial charge in [-0.05, 0) is 30.0 Å². The highest BCUT2D eigenvalue weighted by Crippen LogP contribution is 2.21. The minimum Gasteiger partial charge on any atom is -0.347 e. The van der Waals surface area contributed by atoms with Crippen LogP contribution in [0.25, 0.3) is 10.9 Å². The van der Waals surface area contributed by atoms with Crippen LogP contribution in [0.1, 0.15) is 17.4 Å². The third-order valence-corrected chi connectivity index (χ3v) is 4.28. The van der Waals surface area contributed by atoms with Crippen LogP contribution in [0.3, 0.4) is 0 Å². The molecule has 3 heteroatoms. The molecule has 0 atom stereocenters. The fraction of sp³-hybridized carbons (Fsp3) is 0.250. The molecule has 2 heterocycles. The number of thiophene rings is 1. The van der Waals surface area contributed by atoms with Gasteiger partial charge in [0.25, 0.3) is 0 Å². The lowest BCUT2D eigenvalue weighted by Crippen LogP contribution is -2.11. The first kappa shape index (κ1) is 12.5. The van der Waals surface area contributed by atoms with Gasteiger partial charge in [-0.15, -0.1) is 11.3 Å².